The first kappa shape index (κ1) is 16.7. The summed E-state index contributed by atoms with van der Waals surface area (Å²) >= 11 is 0. The minimum absolute atomic E-state index is 0.134. The summed E-state index contributed by atoms with van der Waals surface area (Å²) in [5.74, 6) is 0.145. The summed E-state index contributed by atoms with van der Waals surface area (Å²) in [4.78, 5) is 17.3. The SMILES string of the molecule is Cc1ccc([C@H](O)CNC(=O)c2cc(C3CC3)nc3onc(C)c23)cc1. The number of benzene rings is 1. The number of aromatic nitrogens is 2. The molecule has 0 spiro atoms. The molecule has 2 N–H and O–H groups in total. The van der Waals surface area contributed by atoms with E-state index in [0.717, 1.165) is 29.7 Å². The average Bonchev–Trinajstić information content (AvgIpc) is 3.43. The Hall–Kier alpha value is -2.73. The van der Waals surface area contributed by atoms with Gasteiger partial charge >= 0.3 is 0 Å². The maximum Gasteiger partial charge on any atom is 0.259 e. The number of carbonyl (C=O) groups excluding carboxylic acids is 1. The van der Waals surface area contributed by atoms with Gasteiger partial charge in [-0.3, -0.25) is 4.79 Å². The number of pyridine rings is 1. The molecule has 1 aliphatic carbocycles. The Bertz CT molecular complexity index is 958. The molecule has 0 unspecified atom stereocenters. The molecule has 2 heterocycles. The lowest BCUT2D eigenvalue weighted by atomic mass is 10.1. The smallest absolute Gasteiger partial charge is 0.259 e. The molecular formula is C20H21N3O3. The summed E-state index contributed by atoms with van der Waals surface area (Å²) in [6.07, 6.45) is 1.40. The van der Waals surface area contributed by atoms with Crippen LogP contribution >= 0.6 is 0 Å². The van der Waals surface area contributed by atoms with E-state index in [1.165, 1.54) is 0 Å². The van der Waals surface area contributed by atoms with Crippen LogP contribution in [-0.4, -0.2) is 27.7 Å². The molecule has 0 aliphatic heterocycles. The lowest BCUT2D eigenvalue weighted by molar-refractivity contribution is 0.0917. The van der Waals surface area contributed by atoms with E-state index in [9.17, 15) is 9.90 Å². The van der Waals surface area contributed by atoms with Crippen molar-refractivity contribution >= 4 is 17.0 Å². The van der Waals surface area contributed by atoms with Gasteiger partial charge in [0.25, 0.3) is 11.6 Å². The van der Waals surface area contributed by atoms with Crippen molar-refractivity contribution in [3.05, 3.63) is 58.4 Å². The number of nitrogens with zero attached hydrogens (tertiary/aromatic N) is 2. The third kappa shape index (κ3) is 3.20. The van der Waals surface area contributed by atoms with E-state index in [4.69, 9.17) is 4.52 Å². The zero-order valence-electron chi connectivity index (χ0n) is 14.8. The molecule has 6 nitrogen and oxygen atoms in total. The molecule has 1 aliphatic rings. The Morgan fingerprint density at radius 3 is 2.73 bits per heavy atom. The predicted octanol–water partition coefficient (Wildman–Crippen LogP) is 3.18. The fraction of sp³-hybridized carbons (Fsp3) is 0.350. The van der Waals surface area contributed by atoms with Crippen LogP contribution in [0, 0.1) is 13.8 Å². The number of rotatable bonds is 5. The van der Waals surface area contributed by atoms with Gasteiger partial charge in [0.05, 0.1) is 22.7 Å². The average molecular weight is 351 g/mol. The zero-order valence-corrected chi connectivity index (χ0v) is 14.8. The number of hydrogen-bond acceptors (Lipinski definition) is 5. The molecule has 1 amide bonds. The summed E-state index contributed by atoms with van der Waals surface area (Å²) in [7, 11) is 0. The molecule has 3 aromatic rings. The monoisotopic (exact) mass is 351 g/mol. The van der Waals surface area contributed by atoms with Gasteiger partial charge in [-0.1, -0.05) is 35.0 Å². The molecule has 2 aromatic heterocycles. The first-order valence-corrected chi connectivity index (χ1v) is 8.82. The lowest BCUT2D eigenvalue weighted by Crippen LogP contribution is -2.28. The fourth-order valence-electron chi connectivity index (χ4n) is 3.07. The molecule has 1 aromatic carbocycles. The van der Waals surface area contributed by atoms with Crippen molar-refractivity contribution < 1.29 is 14.4 Å². The highest BCUT2D eigenvalue weighted by Gasteiger charge is 2.28. The molecule has 0 saturated heterocycles. The van der Waals surface area contributed by atoms with Gasteiger partial charge < -0.3 is 14.9 Å². The molecule has 0 radical (unpaired) electrons. The minimum atomic E-state index is -0.761. The van der Waals surface area contributed by atoms with Crippen LogP contribution in [0.25, 0.3) is 11.1 Å². The van der Waals surface area contributed by atoms with Crippen molar-refractivity contribution in [3.63, 3.8) is 0 Å². The van der Waals surface area contributed by atoms with E-state index < -0.39 is 6.10 Å². The molecule has 1 saturated carbocycles. The van der Waals surface area contributed by atoms with Crippen LogP contribution in [0.4, 0.5) is 0 Å². The van der Waals surface area contributed by atoms with Crippen LogP contribution in [0.15, 0.2) is 34.9 Å². The summed E-state index contributed by atoms with van der Waals surface area (Å²) in [6.45, 7) is 3.92. The van der Waals surface area contributed by atoms with Crippen molar-refractivity contribution in [2.45, 2.75) is 38.7 Å². The van der Waals surface area contributed by atoms with E-state index in [-0.39, 0.29) is 12.5 Å². The largest absolute Gasteiger partial charge is 0.387 e. The molecular weight excluding hydrogens is 330 g/mol. The minimum Gasteiger partial charge on any atom is -0.387 e. The van der Waals surface area contributed by atoms with Gasteiger partial charge in [0.15, 0.2) is 0 Å². The van der Waals surface area contributed by atoms with Crippen LogP contribution in [0.5, 0.6) is 0 Å². The standard InChI is InChI=1S/C20H21N3O3/c1-11-3-5-14(6-4-11)17(24)10-21-19(25)15-9-16(13-7-8-13)22-20-18(15)12(2)23-26-20/h3-6,9,13,17,24H,7-8,10H2,1-2H3,(H,21,25)/t17-/m1/s1. The number of aliphatic hydroxyl groups excluding tert-OH is 1. The number of nitrogens with one attached hydrogen (secondary N) is 1. The third-order valence-electron chi connectivity index (χ3n) is 4.80. The van der Waals surface area contributed by atoms with E-state index in [1.54, 1.807) is 6.92 Å². The number of aryl methyl sites for hydroxylation is 2. The number of amides is 1. The second-order valence-corrected chi connectivity index (χ2v) is 6.95. The van der Waals surface area contributed by atoms with Crippen LogP contribution in [0.3, 0.4) is 0 Å². The molecule has 134 valence electrons. The van der Waals surface area contributed by atoms with Crippen molar-refractivity contribution in [3.8, 4) is 0 Å². The summed E-state index contributed by atoms with van der Waals surface area (Å²) < 4.78 is 5.27. The van der Waals surface area contributed by atoms with E-state index in [1.807, 2.05) is 37.3 Å². The highest BCUT2D eigenvalue weighted by Crippen LogP contribution is 2.40. The number of carbonyl (C=O) groups is 1. The maximum atomic E-state index is 12.8. The number of hydrogen-bond donors (Lipinski definition) is 2. The predicted molar refractivity (Wildman–Crippen MR) is 97.0 cm³/mol. The Balaban J connectivity index is 1.55. The summed E-state index contributed by atoms with van der Waals surface area (Å²) in [6, 6.07) is 9.44. The van der Waals surface area contributed by atoms with Crippen LogP contribution in [0.1, 0.15) is 57.7 Å². The Morgan fingerprint density at radius 2 is 2.04 bits per heavy atom. The summed E-state index contributed by atoms with van der Waals surface area (Å²) in [5, 5.41) is 17.7. The second-order valence-electron chi connectivity index (χ2n) is 6.95. The van der Waals surface area contributed by atoms with Crippen LogP contribution in [-0.2, 0) is 0 Å². The first-order chi connectivity index (χ1) is 12.5. The van der Waals surface area contributed by atoms with Gasteiger partial charge in [-0.15, -0.1) is 0 Å². The van der Waals surface area contributed by atoms with Gasteiger partial charge in [0, 0.05) is 18.2 Å². The topological polar surface area (TPSA) is 88.2 Å². The van der Waals surface area contributed by atoms with Gasteiger partial charge in [0.1, 0.15) is 0 Å². The van der Waals surface area contributed by atoms with E-state index in [0.29, 0.717) is 28.3 Å². The van der Waals surface area contributed by atoms with E-state index >= 15 is 0 Å². The molecule has 6 heteroatoms. The van der Waals surface area contributed by atoms with Gasteiger partial charge in [-0.05, 0) is 38.3 Å². The van der Waals surface area contributed by atoms with Crippen LogP contribution in [0.2, 0.25) is 0 Å². The molecule has 1 atom stereocenters. The molecule has 0 bridgehead atoms. The summed E-state index contributed by atoms with van der Waals surface area (Å²) in [5.41, 5.74) is 4.31. The van der Waals surface area contributed by atoms with Gasteiger partial charge in [-0.2, -0.15) is 0 Å². The van der Waals surface area contributed by atoms with Crippen molar-refractivity contribution in [1.82, 2.24) is 15.5 Å². The zero-order chi connectivity index (χ0) is 18.3. The number of aliphatic hydroxyl groups is 1. The van der Waals surface area contributed by atoms with Crippen molar-refractivity contribution in [1.29, 1.82) is 0 Å². The van der Waals surface area contributed by atoms with E-state index in [2.05, 4.69) is 15.5 Å². The Kier molecular flexibility index (Phi) is 4.20. The second kappa shape index (κ2) is 6.53. The molecule has 1 fully saturated rings. The van der Waals surface area contributed by atoms with Crippen molar-refractivity contribution in [2.24, 2.45) is 0 Å². The normalized spacial score (nSPS) is 15.2. The highest BCUT2D eigenvalue weighted by atomic mass is 16.5. The lowest BCUT2D eigenvalue weighted by Gasteiger charge is -2.13. The van der Waals surface area contributed by atoms with Crippen molar-refractivity contribution in [2.75, 3.05) is 6.54 Å². The Labute approximate surface area is 151 Å². The quantitative estimate of drug-likeness (QED) is 0.737. The highest BCUT2D eigenvalue weighted by molar-refractivity contribution is 6.06. The Morgan fingerprint density at radius 1 is 1.31 bits per heavy atom. The first-order valence-electron chi connectivity index (χ1n) is 8.82. The molecule has 26 heavy (non-hydrogen) atoms. The number of fused-ring (bicyclic) bond motifs is 1. The van der Waals surface area contributed by atoms with Crippen LogP contribution < -0.4 is 5.32 Å². The van der Waals surface area contributed by atoms with Gasteiger partial charge in [-0.25, -0.2) is 4.98 Å². The maximum absolute atomic E-state index is 12.8. The van der Waals surface area contributed by atoms with Gasteiger partial charge in [0.2, 0.25) is 0 Å². The fourth-order valence-corrected chi connectivity index (χ4v) is 3.07. The third-order valence-corrected chi connectivity index (χ3v) is 4.80. The molecule has 4 rings (SSSR count).